The van der Waals surface area contributed by atoms with E-state index in [2.05, 4.69) is 4.98 Å². The number of fused-ring (bicyclic) bond motifs is 1. The van der Waals surface area contributed by atoms with Gasteiger partial charge in [0.25, 0.3) is 0 Å². The lowest BCUT2D eigenvalue weighted by Crippen LogP contribution is -1.81. The molecule has 0 aliphatic rings. The summed E-state index contributed by atoms with van der Waals surface area (Å²) in [5, 5.41) is 0. The molecule has 1 aromatic carbocycles. The van der Waals surface area contributed by atoms with Crippen molar-refractivity contribution < 1.29 is 8.83 Å². The number of furan rings is 1. The number of benzene rings is 1. The van der Waals surface area contributed by atoms with Crippen molar-refractivity contribution in [3.05, 3.63) is 36.8 Å². The third-order valence-corrected chi connectivity index (χ3v) is 2.18. The van der Waals surface area contributed by atoms with Crippen LogP contribution in [0.15, 0.2) is 45.6 Å². The molecule has 0 fully saturated rings. The van der Waals surface area contributed by atoms with Crippen molar-refractivity contribution in [2.75, 3.05) is 5.73 Å². The maximum atomic E-state index is 5.65. The van der Waals surface area contributed by atoms with Crippen LogP contribution in [0.2, 0.25) is 0 Å². The van der Waals surface area contributed by atoms with Crippen LogP contribution in [0.5, 0.6) is 0 Å². The highest BCUT2D eigenvalue weighted by atomic mass is 16.4. The van der Waals surface area contributed by atoms with E-state index in [1.165, 1.54) is 0 Å². The average molecular weight is 200 g/mol. The number of nitrogens with two attached hydrogens (primary N) is 1. The second-order valence-electron chi connectivity index (χ2n) is 3.26. The van der Waals surface area contributed by atoms with E-state index in [1.807, 2.05) is 6.07 Å². The van der Waals surface area contributed by atoms with Gasteiger partial charge >= 0.3 is 0 Å². The molecular formula is C11H8N2O2. The molecule has 0 unspecified atom stereocenters. The first-order valence-corrected chi connectivity index (χ1v) is 4.51. The van der Waals surface area contributed by atoms with E-state index in [4.69, 9.17) is 14.6 Å². The maximum absolute atomic E-state index is 5.65. The fourth-order valence-electron chi connectivity index (χ4n) is 1.45. The minimum absolute atomic E-state index is 0.546. The minimum atomic E-state index is 0.546. The van der Waals surface area contributed by atoms with Gasteiger partial charge < -0.3 is 14.6 Å². The highest BCUT2D eigenvalue weighted by Crippen LogP contribution is 2.25. The summed E-state index contributed by atoms with van der Waals surface area (Å²) in [6.07, 6.45) is 3.17. The van der Waals surface area contributed by atoms with Gasteiger partial charge in [-0.1, -0.05) is 0 Å². The van der Waals surface area contributed by atoms with Gasteiger partial charge in [-0.05, 0) is 18.2 Å². The van der Waals surface area contributed by atoms with Crippen LogP contribution in [0.3, 0.4) is 0 Å². The Kier molecular flexibility index (Phi) is 1.56. The van der Waals surface area contributed by atoms with Gasteiger partial charge in [0.2, 0.25) is 5.89 Å². The van der Waals surface area contributed by atoms with Crippen molar-refractivity contribution >= 4 is 16.8 Å². The predicted octanol–water partition coefficient (Wildman–Crippen LogP) is 2.67. The van der Waals surface area contributed by atoms with Gasteiger partial charge in [-0.15, -0.1) is 0 Å². The molecule has 0 saturated heterocycles. The normalized spacial score (nSPS) is 10.9. The van der Waals surface area contributed by atoms with E-state index in [0.717, 1.165) is 11.1 Å². The highest BCUT2D eigenvalue weighted by Gasteiger charge is 2.08. The van der Waals surface area contributed by atoms with E-state index in [9.17, 15) is 0 Å². The monoisotopic (exact) mass is 200 g/mol. The topological polar surface area (TPSA) is 65.2 Å². The first-order valence-electron chi connectivity index (χ1n) is 4.51. The molecule has 0 aliphatic carbocycles. The van der Waals surface area contributed by atoms with Gasteiger partial charge in [0.05, 0.1) is 11.8 Å². The molecule has 0 spiro atoms. The van der Waals surface area contributed by atoms with Gasteiger partial charge in [-0.25, -0.2) is 4.98 Å². The molecule has 0 atom stereocenters. The Bertz CT molecular complexity index is 596. The molecule has 15 heavy (non-hydrogen) atoms. The van der Waals surface area contributed by atoms with Crippen LogP contribution in [-0.2, 0) is 0 Å². The number of rotatable bonds is 1. The fraction of sp³-hybridized carbons (Fsp3) is 0. The molecular weight excluding hydrogens is 192 g/mol. The summed E-state index contributed by atoms with van der Waals surface area (Å²) in [4.78, 5) is 4.31. The van der Waals surface area contributed by atoms with Crippen molar-refractivity contribution in [2.45, 2.75) is 0 Å². The first-order chi connectivity index (χ1) is 7.33. The van der Waals surface area contributed by atoms with Crippen LogP contribution in [0.1, 0.15) is 0 Å². The maximum Gasteiger partial charge on any atom is 0.230 e. The molecule has 3 rings (SSSR count). The molecule has 2 N–H and O–H groups in total. The van der Waals surface area contributed by atoms with E-state index >= 15 is 0 Å². The van der Waals surface area contributed by atoms with Crippen molar-refractivity contribution in [3.8, 4) is 11.5 Å². The summed E-state index contributed by atoms with van der Waals surface area (Å²) in [5.41, 5.74) is 8.61. The number of hydrogen-bond donors (Lipinski definition) is 1. The lowest BCUT2D eigenvalue weighted by Gasteiger charge is -1.88. The molecule has 2 heterocycles. The molecule has 0 amide bonds. The Labute approximate surface area is 85.3 Å². The van der Waals surface area contributed by atoms with Crippen molar-refractivity contribution in [1.82, 2.24) is 4.98 Å². The molecule has 74 valence electrons. The molecule has 0 saturated carbocycles. The Morgan fingerprint density at radius 2 is 2.13 bits per heavy atom. The van der Waals surface area contributed by atoms with Crippen molar-refractivity contribution in [3.63, 3.8) is 0 Å². The lowest BCUT2D eigenvalue weighted by atomic mass is 10.3. The summed E-state index contributed by atoms with van der Waals surface area (Å²) in [6.45, 7) is 0. The van der Waals surface area contributed by atoms with Crippen LogP contribution >= 0.6 is 0 Å². The molecule has 2 aromatic heterocycles. The van der Waals surface area contributed by atoms with Gasteiger partial charge in [-0.3, -0.25) is 0 Å². The number of nitrogens with zero attached hydrogens (tertiary/aromatic N) is 1. The highest BCUT2D eigenvalue weighted by molar-refractivity contribution is 5.79. The standard InChI is InChI=1S/C11H8N2O2/c12-8-1-2-9-10(5-8)15-11(13-9)7-3-4-14-6-7/h1-6H,12H2. The van der Waals surface area contributed by atoms with Gasteiger partial charge in [0, 0.05) is 11.8 Å². The zero-order valence-corrected chi connectivity index (χ0v) is 7.81. The van der Waals surface area contributed by atoms with E-state index in [0.29, 0.717) is 17.2 Å². The van der Waals surface area contributed by atoms with Crippen molar-refractivity contribution in [1.29, 1.82) is 0 Å². The summed E-state index contributed by atoms with van der Waals surface area (Å²) in [5.74, 6) is 0.546. The number of hydrogen-bond acceptors (Lipinski definition) is 4. The summed E-state index contributed by atoms with van der Waals surface area (Å²) < 4.78 is 10.5. The Balaban J connectivity index is 2.22. The Morgan fingerprint density at radius 1 is 1.20 bits per heavy atom. The molecule has 0 bridgehead atoms. The second kappa shape index (κ2) is 2.88. The quantitative estimate of drug-likeness (QED) is 0.613. The first kappa shape index (κ1) is 8.11. The largest absolute Gasteiger partial charge is 0.472 e. The summed E-state index contributed by atoms with van der Waals surface area (Å²) in [6, 6.07) is 7.18. The van der Waals surface area contributed by atoms with Crippen LogP contribution in [0.4, 0.5) is 5.69 Å². The van der Waals surface area contributed by atoms with Gasteiger partial charge in [0.15, 0.2) is 5.58 Å². The third kappa shape index (κ3) is 1.27. The molecule has 4 heteroatoms. The molecule has 0 aliphatic heterocycles. The fourth-order valence-corrected chi connectivity index (χ4v) is 1.45. The molecule has 3 aromatic rings. The third-order valence-electron chi connectivity index (χ3n) is 2.18. The van der Waals surface area contributed by atoms with Crippen molar-refractivity contribution in [2.24, 2.45) is 0 Å². The number of anilines is 1. The van der Waals surface area contributed by atoms with Crippen LogP contribution in [0, 0.1) is 0 Å². The molecule has 4 nitrogen and oxygen atoms in total. The Morgan fingerprint density at radius 3 is 2.93 bits per heavy atom. The van der Waals surface area contributed by atoms with Crippen LogP contribution in [0.25, 0.3) is 22.6 Å². The number of aromatic nitrogens is 1. The van der Waals surface area contributed by atoms with E-state index in [-0.39, 0.29) is 0 Å². The zero-order valence-electron chi connectivity index (χ0n) is 7.81. The molecule has 0 radical (unpaired) electrons. The van der Waals surface area contributed by atoms with E-state index in [1.54, 1.807) is 30.7 Å². The van der Waals surface area contributed by atoms with Gasteiger partial charge in [0.1, 0.15) is 11.8 Å². The smallest absolute Gasteiger partial charge is 0.230 e. The van der Waals surface area contributed by atoms with E-state index < -0.39 is 0 Å². The second-order valence-corrected chi connectivity index (χ2v) is 3.26. The lowest BCUT2D eigenvalue weighted by molar-refractivity contribution is 0.564. The van der Waals surface area contributed by atoms with Crippen LogP contribution in [-0.4, -0.2) is 4.98 Å². The van der Waals surface area contributed by atoms with Crippen LogP contribution < -0.4 is 5.73 Å². The summed E-state index contributed by atoms with van der Waals surface area (Å²) in [7, 11) is 0. The van der Waals surface area contributed by atoms with Gasteiger partial charge in [-0.2, -0.15) is 0 Å². The SMILES string of the molecule is Nc1ccc2nc(-c3ccoc3)oc2c1. The number of nitrogen functional groups attached to an aromatic ring is 1. The average Bonchev–Trinajstić information content (AvgIpc) is 2.84. The summed E-state index contributed by atoms with van der Waals surface area (Å²) >= 11 is 0. The minimum Gasteiger partial charge on any atom is -0.472 e. The number of oxazole rings is 1. The Hall–Kier alpha value is -2.23. The zero-order chi connectivity index (χ0) is 10.3. The predicted molar refractivity (Wildman–Crippen MR) is 56.1 cm³/mol.